The topological polar surface area (TPSA) is 97.4 Å². The summed E-state index contributed by atoms with van der Waals surface area (Å²) in [5.41, 5.74) is 0.655. The number of hydrogen-bond acceptors (Lipinski definition) is 5. The second-order valence-corrected chi connectivity index (χ2v) is 7.91. The van der Waals surface area contributed by atoms with E-state index in [2.05, 4.69) is 15.0 Å². The fourth-order valence-electron chi connectivity index (χ4n) is 2.97. The average molecular weight is 375 g/mol. The Balaban J connectivity index is 1.55. The maximum Gasteiger partial charge on any atom is 0.411 e. The second-order valence-electron chi connectivity index (χ2n) is 6.19. The molecule has 1 aliphatic carbocycles. The molecule has 8 heteroatoms. The fourth-order valence-corrected chi connectivity index (χ4v) is 4.22. The lowest BCUT2D eigenvalue weighted by Gasteiger charge is -2.29. The lowest BCUT2D eigenvalue weighted by molar-refractivity contribution is 0.0793. The normalized spacial score (nSPS) is 20.3. The van der Waals surface area contributed by atoms with E-state index in [4.69, 9.17) is 4.74 Å². The van der Waals surface area contributed by atoms with Crippen molar-refractivity contribution < 1.29 is 17.9 Å². The number of pyridine rings is 1. The third kappa shape index (κ3) is 5.03. The van der Waals surface area contributed by atoms with Gasteiger partial charge in [0.1, 0.15) is 11.0 Å². The van der Waals surface area contributed by atoms with Crippen molar-refractivity contribution in [2.45, 2.75) is 42.7 Å². The number of nitrogens with one attached hydrogen (secondary N) is 2. The van der Waals surface area contributed by atoms with Crippen LogP contribution < -0.4 is 10.0 Å². The molecule has 0 radical (unpaired) electrons. The maximum absolute atomic E-state index is 12.4. The van der Waals surface area contributed by atoms with E-state index < -0.39 is 16.1 Å². The van der Waals surface area contributed by atoms with Crippen molar-refractivity contribution >= 4 is 21.8 Å². The van der Waals surface area contributed by atoms with Crippen LogP contribution >= 0.6 is 0 Å². The zero-order chi connectivity index (χ0) is 18.4. The molecule has 2 N–H and O–H groups in total. The SMILES string of the molecule is O=C(Nc1ccccc1)O[C@@H]1CCC[C@H](NS(=O)(=O)c2cccnc2)C1. The summed E-state index contributed by atoms with van der Waals surface area (Å²) in [5, 5.41) is 2.67. The molecule has 7 nitrogen and oxygen atoms in total. The van der Waals surface area contributed by atoms with Gasteiger partial charge >= 0.3 is 6.09 Å². The Morgan fingerprint density at radius 1 is 1.12 bits per heavy atom. The average Bonchev–Trinajstić information content (AvgIpc) is 2.63. The van der Waals surface area contributed by atoms with Crippen molar-refractivity contribution in [2.75, 3.05) is 5.32 Å². The molecule has 26 heavy (non-hydrogen) atoms. The van der Waals surface area contributed by atoms with Gasteiger partial charge < -0.3 is 4.74 Å². The zero-order valence-corrected chi connectivity index (χ0v) is 15.0. The van der Waals surface area contributed by atoms with Crippen molar-refractivity contribution in [2.24, 2.45) is 0 Å². The van der Waals surface area contributed by atoms with Gasteiger partial charge in [0.2, 0.25) is 10.0 Å². The Labute approximate surface area is 152 Å². The largest absolute Gasteiger partial charge is 0.446 e. The van der Waals surface area contributed by atoms with Crippen molar-refractivity contribution in [1.82, 2.24) is 9.71 Å². The Morgan fingerprint density at radius 2 is 1.92 bits per heavy atom. The number of hydrogen-bond donors (Lipinski definition) is 2. The van der Waals surface area contributed by atoms with Gasteiger partial charge in [-0.05, 0) is 43.5 Å². The summed E-state index contributed by atoms with van der Waals surface area (Å²) >= 11 is 0. The third-order valence-corrected chi connectivity index (χ3v) is 5.69. The lowest BCUT2D eigenvalue weighted by atomic mass is 9.94. The number of aromatic nitrogens is 1. The molecule has 0 unspecified atom stereocenters. The number of carbonyl (C=O) groups is 1. The second kappa shape index (κ2) is 8.29. The number of para-hydroxylation sites is 1. The minimum Gasteiger partial charge on any atom is -0.446 e. The van der Waals surface area contributed by atoms with Crippen molar-refractivity contribution in [1.29, 1.82) is 0 Å². The number of amides is 1. The first kappa shape index (κ1) is 18.3. The molecule has 0 bridgehead atoms. The summed E-state index contributed by atoms with van der Waals surface area (Å²) in [7, 11) is -3.63. The summed E-state index contributed by atoms with van der Waals surface area (Å²) in [4.78, 5) is 16.0. The van der Waals surface area contributed by atoms with Crippen LogP contribution in [0.2, 0.25) is 0 Å². The Morgan fingerprint density at radius 3 is 2.65 bits per heavy atom. The van der Waals surface area contributed by atoms with Crippen LogP contribution in [0.1, 0.15) is 25.7 Å². The van der Waals surface area contributed by atoms with Gasteiger partial charge in [-0.15, -0.1) is 0 Å². The van der Waals surface area contributed by atoms with Crippen LogP contribution in [0.15, 0.2) is 59.8 Å². The van der Waals surface area contributed by atoms with E-state index in [1.165, 1.54) is 18.5 Å². The van der Waals surface area contributed by atoms with E-state index >= 15 is 0 Å². The minimum atomic E-state index is -3.63. The highest BCUT2D eigenvalue weighted by molar-refractivity contribution is 7.89. The van der Waals surface area contributed by atoms with E-state index in [9.17, 15) is 13.2 Å². The molecule has 1 saturated carbocycles. The number of carbonyl (C=O) groups excluding carboxylic acids is 1. The molecule has 1 fully saturated rings. The molecule has 0 saturated heterocycles. The summed E-state index contributed by atoms with van der Waals surface area (Å²) in [6, 6.07) is 11.8. The molecule has 0 spiro atoms. The minimum absolute atomic E-state index is 0.130. The summed E-state index contributed by atoms with van der Waals surface area (Å²) in [6.07, 6.45) is 4.63. The number of ether oxygens (including phenoxy) is 1. The lowest BCUT2D eigenvalue weighted by Crippen LogP contribution is -2.41. The van der Waals surface area contributed by atoms with Crippen LogP contribution in [-0.2, 0) is 14.8 Å². The molecular weight excluding hydrogens is 354 g/mol. The maximum atomic E-state index is 12.4. The Hall–Kier alpha value is -2.45. The monoisotopic (exact) mass is 375 g/mol. The standard InChI is InChI=1S/C18H21N3O4S/c22-18(20-14-6-2-1-3-7-14)25-16-9-4-8-15(12-16)21-26(23,24)17-10-5-11-19-13-17/h1-3,5-7,10-11,13,15-16,21H,4,8-9,12H2,(H,20,22)/t15-,16+/m0/s1. The number of sulfonamides is 1. The predicted molar refractivity (Wildman–Crippen MR) is 97.1 cm³/mol. The molecule has 1 amide bonds. The van der Waals surface area contributed by atoms with E-state index in [1.807, 2.05) is 18.2 Å². The molecule has 1 aromatic carbocycles. The van der Waals surface area contributed by atoms with Gasteiger partial charge in [-0.2, -0.15) is 0 Å². The van der Waals surface area contributed by atoms with Gasteiger partial charge in [-0.3, -0.25) is 10.3 Å². The van der Waals surface area contributed by atoms with Gasteiger partial charge in [0.15, 0.2) is 0 Å². The molecule has 138 valence electrons. The molecule has 3 rings (SSSR count). The third-order valence-electron chi connectivity index (χ3n) is 4.19. The molecule has 2 aromatic rings. The van der Waals surface area contributed by atoms with E-state index in [0.717, 1.165) is 6.42 Å². The highest BCUT2D eigenvalue weighted by Gasteiger charge is 2.28. The van der Waals surface area contributed by atoms with Gasteiger partial charge in [0.25, 0.3) is 0 Å². The van der Waals surface area contributed by atoms with E-state index in [0.29, 0.717) is 24.9 Å². The van der Waals surface area contributed by atoms with Gasteiger partial charge in [0, 0.05) is 30.5 Å². The molecule has 1 heterocycles. The summed E-state index contributed by atoms with van der Waals surface area (Å²) < 4.78 is 32.9. The smallest absolute Gasteiger partial charge is 0.411 e. The highest BCUT2D eigenvalue weighted by Crippen LogP contribution is 2.23. The van der Waals surface area contributed by atoms with Gasteiger partial charge in [0.05, 0.1) is 0 Å². The molecule has 0 aliphatic heterocycles. The molecule has 1 aliphatic rings. The van der Waals surface area contributed by atoms with Crippen LogP contribution in [0.4, 0.5) is 10.5 Å². The first-order chi connectivity index (χ1) is 12.5. The van der Waals surface area contributed by atoms with Gasteiger partial charge in [-0.1, -0.05) is 18.2 Å². The fraction of sp³-hybridized carbons (Fsp3) is 0.333. The number of benzene rings is 1. The van der Waals surface area contributed by atoms with Crippen molar-refractivity contribution in [3.05, 3.63) is 54.9 Å². The van der Waals surface area contributed by atoms with E-state index in [-0.39, 0.29) is 17.0 Å². The molecule has 1 aromatic heterocycles. The first-order valence-electron chi connectivity index (χ1n) is 8.48. The number of rotatable bonds is 5. The first-order valence-corrected chi connectivity index (χ1v) is 9.96. The van der Waals surface area contributed by atoms with Crippen LogP contribution in [0.5, 0.6) is 0 Å². The van der Waals surface area contributed by atoms with Crippen LogP contribution in [-0.4, -0.2) is 31.6 Å². The van der Waals surface area contributed by atoms with Crippen LogP contribution in [0.3, 0.4) is 0 Å². The number of anilines is 1. The zero-order valence-electron chi connectivity index (χ0n) is 14.2. The van der Waals surface area contributed by atoms with Crippen LogP contribution in [0, 0.1) is 0 Å². The van der Waals surface area contributed by atoms with E-state index in [1.54, 1.807) is 18.2 Å². The van der Waals surface area contributed by atoms with Crippen molar-refractivity contribution in [3.8, 4) is 0 Å². The van der Waals surface area contributed by atoms with Crippen LogP contribution in [0.25, 0.3) is 0 Å². The summed E-state index contributed by atoms with van der Waals surface area (Å²) in [6.45, 7) is 0. The predicted octanol–water partition coefficient (Wildman–Crippen LogP) is 2.92. The quantitative estimate of drug-likeness (QED) is 0.837. The number of nitrogens with zero attached hydrogens (tertiary/aromatic N) is 1. The molecular formula is C18H21N3O4S. The highest BCUT2D eigenvalue weighted by atomic mass is 32.2. The Kier molecular flexibility index (Phi) is 5.85. The Bertz CT molecular complexity index is 828. The van der Waals surface area contributed by atoms with Gasteiger partial charge in [-0.25, -0.2) is 17.9 Å². The molecule has 2 atom stereocenters. The van der Waals surface area contributed by atoms with Crippen molar-refractivity contribution in [3.63, 3.8) is 0 Å². The summed E-state index contributed by atoms with van der Waals surface area (Å²) in [5.74, 6) is 0.